The number of fused-ring (bicyclic) bond motifs is 1. The van der Waals surface area contributed by atoms with Gasteiger partial charge in [0, 0.05) is 31.1 Å². The molecule has 7 heteroatoms. The maximum absolute atomic E-state index is 12.9. The summed E-state index contributed by atoms with van der Waals surface area (Å²) in [6, 6.07) is 5.84. The Morgan fingerprint density at radius 3 is 2.67 bits per heavy atom. The smallest absolute Gasteiger partial charge is 0.255 e. The minimum atomic E-state index is -0.558. The fourth-order valence-corrected chi connectivity index (χ4v) is 4.44. The summed E-state index contributed by atoms with van der Waals surface area (Å²) >= 11 is 0. The van der Waals surface area contributed by atoms with E-state index in [4.69, 9.17) is 0 Å². The molecule has 3 aliphatic heterocycles. The molecule has 0 saturated carbocycles. The topological polar surface area (TPSA) is 81.8 Å². The molecular weight excluding hydrogens is 344 g/mol. The van der Waals surface area contributed by atoms with Gasteiger partial charge in [-0.2, -0.15) is 0 Å². The second-order valence-electron chi connectivity index (χ2n) is 7.74. The SMILES string of the molecule is CN(Cc1cccc2c1CN(C1CCC(=O)NC1=O)C2=O)C1CCNCC1. The molecule has 2 N–H and O–H groups in total. The molecule has 0 bridgehead atoms. The standard InChI is InChI=1S/C20H26N4O3/c1-23(14-7-9-21-10-8-14)11-13-3-2-4-15-16(13)12-24(20(15)27)17-5-6-18(25)22-19(17)26/h2-4,14,17,21H,5-12H2,1H3,(H,22,25,26). The Kier molecular flexibility index (Phi) is 4.97. The summed E-state index contributed by atoms with van der Waals surface area (Å²) in [4.78, 5) is 40.5. The van der Waals surface area contributed by atoms with Gasteiger partial charge in [0.25, 0.3) is 5.91 Å². The Labute approximate surface area is 159 Å². The number of benzene rings is 1. The molecule has 0 aromatic heterocycles. The van der Waals surface area contributed by atoms with Crippen LogP contribution in [0.5, 0.6) is 0 Å². The van der Waals surface area contributed by atoms with E-state index >= 15 is 0 Å². The highest BCUT2D eigenvalue weighted by Gasteiger charge is 2.39. The van der Waals surface area contributed by atoms with Gasteiger partial charge in [-0.1, -0.05) is 12.1 Å². The Morgan fingerprint density at radius 2 is 1.93 bits per heavy atom. The predicted octanol–water partition coefficient (Wildman–Crippen LogP) is 0.631. The van der Waals surface area contributed by atoms with Gasteiger partial charge < -0.3 is 10.2 Å². The van der Waals surface area contributed by atoms with Crippen LogP contribution in [0, 0.1) is 0 Å². The van der Waals surface area contributed by atoms with Gasteiger partial charge in [0.1, 0.15) is 6.04 Å². The number of carbonyl (C=O) groups is 3. The average Bonchev–Trinajstić information content (AvgIpc) is 3.00. The summed E-state index contributed by atoms with van der Waals surface area (Å²) in [5, 5.41) is 5.75. The first kappa shape index (κ1) is 18.1. The second-order valence-corrected chi connectivity index (χ2v) is 7.74. The van der Waals surface area contributed by atoms with Gasteiger partial charge in [-0.15, -0.1) is 0 Å². The predicted molar refractivity (Wildman–Crippen MR) is 99.8 cm³/mol. The number of nitrogens with zero attached hydrogens (tertiary/aromatic N) is 2. The fourth-order valence-electron chi connectivity index (χ4n) is 4.44. The lowest BCUT2D eigenvalue weighted by atomic mass is 10.0. The van der Waals surface area contributed by atoms with E-state index < -0.39 is 6.04 Å². The molecule has 0 spiro atoms. The number of rotatable bonds is 4. The van der Waals surface area contributed by atoms with Crippen LogP contribution in [0.3, 0.4) is 0 Å². The van der Waals surface area contributed by atoms with Crippen LogP contribution in [0.2, 0.25) is 0 Å². The molecular formula is C20H26N4O3. The van der Waals surface area contributed by atoms with Crippen LogP contribution < -0.4 is 10.6 Å². The molecule has 0 aliphatic carbocycles. The van der Waals surface area contributed by atoms with E-state index in [1.54, 1.807) is 4.90 Å². The van der Waals surface area contributed by atoms with Crippen LogP contribution in [0.4, 0.5) is 0 Å². The number of hydrogen-bond acceptors (Lipinski definition) is 5. The molecule has 1 atom stereocenters. The zero-order valence-electron chi connectivity index (χ0n) is 15.7. The number of hydrogen-bond donors (Lipinski definition) is 2. The van der Waals surface area contributed by atoms with Crippen molar-refractivity contribution in [3.8, 4) is 0 Å². The number of nitrogens with one attached hydrogen (secondary N) is 2. The van der Waals surface area contributed by atoms with Crippen LogP contribution in [-0.4, -0.2) is 59.7 Å². The van der Waals surface area contributed by atoms with E-state index in [1.165, 1.54) is 0 Å². The lowest BCUT2D eigenvalue weighted by molar-refractivity contribution is -0.136. The largest absolute Gasteiger partial charge is 0.322 e. The van der Waals surface area contributed by atoms with Crippen molar-refractivity contribution in [3.63, 3.8) is 0 Å². The normalized spacial score (nSPS) is 23.7. The number of piperidine rings is 2. The van der Waals surface area contributed by atoms with E-state index in [9.17, 15) is 14.4 Å². The number of imide groups is 1. The van der Waals surface area contributed by atoms with E-state index in [2.05, 4.69) is 28.6 Å². The van der Waals surface area contributed by atoms with Crippen molar-refractivity contribution in [1.82, 2.24) is 20.4 Å². The average molecular weight is 370 g/mol. The third kappa shape index (κ3) is 3.49. The molecule has 1 aromatic carbocycles. The number of amides is 3. The second kappa shape index (κ2) is 7.40. The molecule has 1 aromatic rings. The van der Waals surface area contributed by atoms with Crippen molar-refractivity contribution in [2.75, 3.05) is 20.1 Å². The first-order chi connectivity index (χ1) is 13.0. The molecule has 0 radical (unpaired) electrons. The molecule has 3 heterocycles. The summed E-state index contributed by atoms with van der Waals surface area (Å²) in [5.74, 6) is -0.726. The first-order valence-corrected chi connectivity index (χ1v) is 9.71. The van der Waals surface area contributed by atoms with Crippen molar-refractivity contribution in [2.45, 2.75) is 50.9 Å². The quantitative estimate of drug-likeness (QED) is 0.760. The lowest BCUT2D eigenvalue weighted by Gasteiger charge is -2.32. The Bertz CT molecular complexity index is 772. The summed E-state index contributed by atoms with van der Waals surface area (Å²) < 4.78 is 0. The van der Waals surface area contributed by atoms with E-state index in [1.807, 2.05) is 12.1 Å². The highest BCUT2D eigenvalue weighted by atomic mass is 16.2. The summed E-state index contributed by atoms with van der Waals surface area (Å²) in [5.41, 5.74) is 2.86. The highest BCUT2D eigenvalue weighted by Crippen LogP contribution is 2.30. The van der Waals surface area contributed by atoms with Crippen LogP contribution in [0.25, 0.3) is 0 Å². The van der Waals surface area contributed by atoms with Gasteiger partial charge in [-0.05, 0) is 56.6 Å². The monoisotopic (exact) mass is 370 g/mol. The third-order valence-corrected chi connectivity index (χ3v) is 6.03. The first-order valence-electron chi connectivity index (χ1n) is 9.71. The van der Waals surface area contributed by atoms with Crippen LogP contribution in [-0.2, 0) is 22.7 Å². The van der Waals surface area contributed by atoms with Gasteiger partial charge in [0.2, 0.25) is 11.8 Å². The summed E-state index contributed by atoms with van der Waals surface area (Å²) in [7, 11) is 2.14. The van der Waals surface area contributed by atoms with Gasteiger partial charge >= 0.3 is 0 Å². The minimum Gasteiger partial charge on any atom is -0.322 e. The Morgan fingerprint density at radius 1 is 1.15 bits per heavy atom. The maximum atomic E-state index is 12.9. The van der Waals surface area contributed by atoms with E-state index in [0.29, 0.717) is 24.6 Å². The van der Waals surface area contributed by atoms with Crippen LogP contribution >= 0.6 is 0 Å². The van der Waals surface area contributed by atoms with Crippen LogP contribution in [0.15, 0.2) is 18.2 Å². The van der Waals surface area contributed by atoms with Crippen molar-refractivity contribution in [2.24, 2.45) is 0 Å². The van der Waals surface area contributed by atoms with E-state index in [-0.39, 0.29) is 24.1 Å². The molecule has 144 valence electrons. The highest BCUT2D eigenvalue weighted by molar-refractivity contribution is 6.05. The third-order valence-electron chi connectivity index (χ3n) is 6.03. The molecule has 1 unspecified atom stereocenters. The lowest BCUT2D eigenvalue weighted by Crippen LogP contribution is -2.52. The number of carbonyl (C=O) groups excluding carboxylic acids is 3. The van der Waals surface area contributed by atoms with Crippen molar-refractivity contribution in [3.05, 3.63) is 34.9 Å². The fraction of sp³-hybridized carbons (Fsp3) is 0.550. The molecule has 3 aliphatic rings. The molecule has 2 fully saturated rings. The van der Waals surface area contributed by atoms with Gasteiger partial charge in [-0.25, -0.2) is 0 Å². The van der Waals surface area contributed by atoms with Crippen molar-refractivity contribution in [1.29, 1.82) is 0 Å². The minimum absolute atomic E-state index is 0.106. The van der Waals surface area contributed by atoms with E-state index in [0.717, 1.165) is 43.6 Å². The van der Waals surface area contributed by atoms with Crippen molar-refractivity contribution < 1.29 is 14.4 Å². The van der Waals surface area contributed by atoms with Gasteiger partial charge in [0.05, 0.1) is 0 Å². The molecule has 7 nitrogen and oxygen atoms in total. The Hall–Kier alpha value is -2.25. The zero-order valence-corrected chi connectivity index (χ0v) is 15.7. The molecule has 4 rings (SSSR count). The summed E-state index contributed by atoms with van der Waals surface area (Å²) in [6.07, 6.45) is 2.94. The van der Waals surface area contributed by atoms with Gasteiger partial charge in [0.15, 0.2) is 0 Å². The molecule has 3 amide bonds. The zero-order chi connectivity index (χ0) is 19.0. The summed E-state index contributed by atoms with van der Waals surface area (Å²) in [6.45, 7) is 3.33. The Balaban J connectivity index is 1.52. The van der Waals surface area contributed by atoms with Gasteiger partial charge in [-0.3, -0.25) is 24.6 Å². The molecule has 27 heavy (non-hydrogen) atoms. The molecule has 2 saturated heterocycles. The maximum Gasteiger partial charge on any atom is 0.255 e. The van der Waals surface area contributed by atoms with Crippen LogP contribution in [0.1, 0.15) is 47.2 Å². The van der Waals surface area contributed by atoms with Crippen molar-refractivity contribution >= 4 is 17.7 Å².